The predicted octanol–water partition coefficient (Wildman–Crippen LogP) is 1.39. The Balaban J connectivity index is 3.11. The Hall–Kier alpha value is -1.85. The highest BCUT2D eigenvalue weighted by Crippen LogP contribution is 2.23. The molecule has 0 spiro atoms. The molecular formula is C14H25N5O. The summed E-state index contributed by atoms with van der Waals surface area (Å²) in [7, 11) is 3.47. The lowest BCUT2D eigenvalue weighted by atomic mass is 9.96. The molecule has 0 saturated heterocycles. The molecule has 0 unspecified atom stereocenters. The summed E-state index contributed by atoms with van der Waals surface area (Å²) < 4.78 is 0. The van der Waals surface area contributed by atoms with Gasteiger partial charge in [0.05, 0.1) is 6.54 Å². The molecule has 6 heteroatoms. The van der Waals surface area contributed by atoms with Gasteiger partial charge in [0, 0.05) is 32.1 Å². The van der Waals surface area contributed by atoms with E-state index in [-0.39, 0.29) is 17.9 Å². The number of hydrogen-bond acceptors (Lipinski definition) is 5. The van der Waals surface area contributed by atoms with E-state index in [1.54, 1.807) is 7.05 Å². The standard InChI is InChI=1S/C14H25N5O/c1-7-16-10-8-11(19(6)9-12(20)15-5)18-13(17-10)14(2,3)4/h8H,7,9H2,1-6H3,(H,15,20)(H,16,17,18). The van der Waals surface area contributed by atoms with Crippen molar-refractivity contribution < 1.29 is 4.79 Å². The van der Waals surface area contributed by atoms with Gasteiger partial charge in [0.15, 0.2) is 0 Å². The van der Waals surface area contributed by atoms with Gasteiger partial charge in [-0.15, -0.1) is 0 Å². The second-order valence-electron chi connectivity index (χ2n) is 5.74. The minimum atomic E-state index is -0.145. The van der Waals surface area contributed by atoms with Crippen molar-refractivity contribution in [1.82, 2.24) is 15.3 Å². The van der Waals surface area contributed by atoms with Crippen LogP contribution in [-0.4, -0.2) is 43.1 Å². The van der Waals surface area contributed by atoms with Crippen LogP contribution >= 0.6 is 0 Å². The summed E-state index contributed by atoms with van der Waals surface area (Å²) in [5.41, 5.74) is -0.145. The summed E-state index contributed by atoms with van der Waals surface area (Å²) in [5, 5.41) is 5.81. The molecule has 0 aliphatic carbocycles. The monoisotopic (exact) mass is 279 g/mol. The number of anilines is 2. The van der Waals surface area contributed by atoms with Crippen LogP contribution in [0.4, 0.5) is 11.6 Å². The lowest BCUT2D eigenvalue weighted by molar-refractivity contribution is -0.119. The van der Waals surface area contributed by atoms with Crippen molar-refractivity contribution >= 4 is 17.5 Å². The summed E-state index contributed by atoms with van der Waals surface area (Å²) in [5.74, 6) is 2.23. The van der Waals surface area contributed by atoms with Crippen LogP contribution in [0.25, 0.3) is 0 Å². The van der Waals surface area contributed by atoms with Gasteiger partial charge in [-0.05, 0) is 6.92 Å². The Bertz CT molecular complexity index is 467. The molecule has 112 valence electrons. The number of hydrogen-bond donors (Lipinski definition) is 2. The van der Waals surface area contributed by atoms with Crippen molar-refractivity contribution in [2.75, 3.05) is 37.4 Å². The Kier molecular flexibility index (Phi) is 5.30. The van der Waals surface area contributed by atoms with Crippen LogP contribution in [0.15, 0.2) is 6.07 Å². The summed E-state index contributed by atoms with van der Waals surface area (Å²) in [6.45, 7) is 9.29. The van der Waals surface area contributed by atoms with Crippen molar-refractivity contribution in [1.29, 1.82) is 0 Å². The molecule has 0 fully saturated rings. The Morgan fingerprint density at radius 3 is 2.50 bits per heavy atom. The van der Waals surface area contributed by atoms with Crippen LogP contribution in [0.3, 0.4) is 0 Å². The van der Waals surface area contributed by atoms with Crippen molar-refractivity contribution in [3.63, 3.8) is 0 Å². The molecule has 0 atom stereocenters. The van der Waals surface area contributed by atoms with E-state index in [9.17, 15) is 4.79 Å². The SMILES string of the molecule is CCNc1cc(N(C)CC(=O)NC)nc(C(C)(C)C)n1. The lowest BCUT2D eigenvalue weighted by Crippen LogP contribution is -2.34. The van der Waals surface area contributed by atoms with Gasteiger partial charge in [-0.1, -0.05) is 20.8 Å². The molecule has 0 aromatic carbocycles. The zero-order chi connectivity index (χ0) is 15.3. The smallest absolute Gasteiger partial charge is 0.239 e. The zero-order valence-electron chi connectivity index (χ0n) is 13.2. The van der Waals surface area contributed by atoms with Gasteiger partial charge >= 0.3 is 0 Å². The first-order valence-electron chi connectivity index (χ1n) is 6.83. The topological polar surface area (TPSA) is 70.2 Å². The third kappa shape index (κ3) is 4.36. The van der Waals surface area contributed by atoms with Gasteiger partial charge in [-0.25, -0.2) is 9.97 Å². The van der Waals surface area contributed by atoms with Gasteiger partial charge < -0.3 is 15.5 Å². The first-order chi connectivity index (χ1) is 9.27. The van der Waals surface area contributed by atoms with Crippen LogP contribution < -0.4 is 15.5 Å². The normalized spacial score (nSPS) is 11.1. The van der Waals surface area contributed by atoms with E-state index in [0.29, 0.717) is 0 Å². The van der Waals surface area contributed by atoms with E-state index in [0.717, 1.165) is 24.0 Å². The number of likely N-dealkylation sites (N-methyl/N-ethyl adjacent to an activating group) is 2. The molecule has 0 bridgehead atoms. The fraction of sp³-hybridized carbons (Fsp3) is 0.643. The van der Waals surface area contributed by atoms with Gasteiger partial charge in [0.2, 0.25) is 5.91 Å². The zero-order valence-corrected chi connectivity index (χ0v) is 13.2. The molecule has 6 nitrogen and oxygen atoms in total. The molecule has 0 aliphatic heterocycles. The third-order valence-electron chi connectivity index (χ3n) is 2.79. The van der Waals surface area contributed by atoms with Gasteiger partial charge in [0.25, 0.3) is 0 Å². The van der Waals surface area contributed by atoms with Crippen molar-refractivity contribution in [3.05, 3.63) is 11.9 Å². The number of carbonyl (C=O) groups is 1. The number of amides is 1. The molecular weight excluding hydrogens is 254 g/mol. The van der Waals surface area contributed by atoms with E-state index in [1.165, 1.54) is 0 Å². The largest absolute Gasteiger partial charge is 0.370 e. The van der Waals surface area contributed by atoms with Crippen molar-refractivity contribution in [2.45, 2.75) is 33.1 Å². The first-order valence-corrected chi connectivity index (χ1v) is 6.83. The summed E-state index contributed by atoms with van der Waals surface area (Å²) >= 11 is 0. The number of carbonyl (C=O) groups excluding carboxylic acids is 1. The van der Waals surface area contributed by atoms with Crippen LogP contribution in [-0.2, 0) is 10.2 Å². The van der Waals surface area contributed by atoms with E-state index in [1.807, 2.05) is 24.9 Å². The molecule has 2 N–H and O–H groups in total. The second-order valence-corrected chi connectivity index (χ2v) is 5.74. The number of rotatable bonds is 5. The van der Waals surface area contributed by atoms with Crippen LogP contribution in [0, 0.1) is 0 Å². The molecule has 1 amide bonds. The minimum absolute atomic E-state index is 0.0478. The average molecular weight is 279 g/mol. The van der Waals surface area contributed by atoms with Gasteiger partial charge in [0.1, 0.15) is 17.5 Å². The number of nitrogens with zero attached hydrogens (tertiary/aromatic N) is 3. The maximum atomic E-state index is 11.5. The van der Waals surface area contributed by atoms with Crippen LogP contribution in [0.2, 0.25) is 0 Å². The van der Waals surface area contributed by atoms with Crippen LogP contribution in [0.5, 0.6) is 0 Å². The van der Waals surface area contributed by atoms with Crippen molar-refractivity contribution in [2.24, 2.45) is 0 Å². The first kappa shape index (κ1) is 16.2. The molecule has 20 heavy (non-hydrogen) atoms. The van der Waals surface area contributed by atoms with E-state index >= 15 is 0 Å². The second kappa shape index (κ2) is 6.54. The number of nitrogens with one attached hydrogen (secondary N) is 2. The molecule has 0 saturated carbocycles. The molecule has 1 heterocycles. The molecule has 1 aromatic rings. The molecule has 0 aliphatic rings. The Morgan fingerprint density at radius 1 is 1.35 bits per heavy atom. The molecule has 1 aromatic heterocycles. The third-order valence-corrected chi connectivity index (χ3v) is 2.79. The average Bonchev–Trinajstić information content (AvgIpc) is 2.37. The predicted molar refractivity (Wildman–Crippen MR) is 82.2 cm³/mol. The fourth-order valence-corrected chi connectivity index (χ4v) is 1.61. The minimum Gasteiger partial charge on any atom is -0.370 e. The summed E-state index contributed by atoms with van der Waals surface area (Å²) in [6, 6.07) is 1.86. The van der Waals surface area contributed by atoms with E-state index in [2.05, 4.69) is 41.4 Å². The highest BCUT2D eigenvalue weighted by atomic mass is 16.1. The molecule has 0 radical (unpaired) electrons. The Morgan fingerprint density at radius 2 is 2.00 bits per heavy atom. The summed E-state index contributed by atoms with van der Waals surface area (Å²) in [6.07, 6.45) is 0. The Labute approximate surface area is 121 Å². The van der Waals surface area contributed by atoms with E-state index in [4.69, 9.17) is 0 Å². The lowest BCUT2D eigenvalue weighted by Gasteiger charge is -2.23. The van der Waals surface area contributed by atoms with Gasteiger partial charge in [-0.2, -0.15) is 0 Å². The fourth-order valence-electron chi connectivity index (χ4n) is 1.61. The highest BCUT2D eigenvalue weighted by Gasteiger charge is 2.20. The van der Waals surface area contributed by atoms with E-state index < -0.39 is 0 Å². The number of aromatic nitrogens is 2. The van der Waals surface area contributed by atoms with Crippen LogP contribution in [0.1, 0.15) is 33.5 Å². The van der Waals surface area contributed by atoms with Gasteiger partial charge in [-0.3, -0.25) is 4.79 Å². The highest BCUT2D eigenvalue weighted by molar-refractivity contribution is 5.80. The summed E-state index contributed by atoms with van der Waals surface area (Å²) in [4.78, 5) is 22.4. The van der Waals surface area contributed by atoms with Crippen molar-refractivity contribution in [3.8, 4) is 0 Å². The maximum absolute atomic E-state index is 11.5. The maximum Gasteiger partial charge on any atom is 0.239 e. The molecule has 1 rings (SSSR count). The quantitative estimate of drug-likeness (QED) is 0.852.